The maximum Gasteiger partial charge on any atom is 0.305 e. The number of cyclic esters (lactones) is 1. The predicted molar refractivity (Wildman–Crippen MR) is 70.5 cm³/mol. The van der Waals surface area contributed by atoms with Crippen LogP contribution in [0, 0.1) is 0 Å². The molecule has 1 fully saturated rings. The van der Waals surface area contributed by atoms with Crippen molar-refractivity contribution in [3.63, 3.8) is 0 Å². The van der Waals surface area contributed by atoms with Gasteiger partial charge >= 0.3 is 5.97 Å². The number of carbonyl (C=O) groups is 1. The Labute approximate surface area is 115 Å². The zero-order chi connectivity index (χ0) is 12.3. The average Bonchev–Trinajstić information content (AvgIpc) is 2.33. The van der Waals surface area contributed by atoms with E-state index in [0.717, 1.165) is 6.42 Å². The van der Waals surface area contributed by atoms with Crippen LogP contribution in [0.3, 0.4) is 0 Å². The third-order valence-electron chi connectivity index (χ3n) is 2.20. The van der Waals surface area contributed by atoms with Crippen molar-refractivity contribution in [1.29, 1.82) is 0 Å². The summed E-state index contributed by atoms with van der Waals surface area (Å²) in [5, 5.41) is 0. The van der Waals surface area contributed by atoms with Crippen molar-refractivity contribution in [2.75, 3.05) is 46.2 Å². The molecular formula is C11H19IO5. The molecule has 0 aromatic rings. The van der Waals surface area contributed by atoms with Gasteiger partial charge in [0.15, 0.2) is 0 Å². The van der Waals surface area contributed by atoms with Crippen molar-refractivity contribution in [2.45, 2.75) is 16.8 Å². The van der Waals surface area contributed by atoms with Gasteiger partial charge in [-0.3, -0.25) is 4.79 Å². The molecule has 1 rings (SSSR count). The molecule has 1 aliphatic rings. The Morgan fingerprint density at radius 2 is 1.53 bits per heavy atom. The van der Waals surface area contributed by atoms with Crippen molar-refractivity contribution < 1.29 is 23.7 Å². The molecule has 0 aromatic carbocycles. The molecule has 0 N–H and O–H groups in total. The smallest absolute Gasteiger partial charge is 0.305 e. The summed E-state index contributed by atoms with van der Waals surface area (Å²) >= 11 is 2.29. The molecule has 1 aliphatic heterocycles. The molecule has 1 unspecified atom stereocenters. The molecule has 17 heavy (non-hydrogen) atoms. The molecule has 0 aromatic heterocycles. The lowest BCUT2D eigenvalue weighted by atomic mass is 10.2. The Bertz CT molecular complexity index is 212. The number of halogens is 1. The van der Waals surface area contributed by atoms with E-state index >= 15 is 0 Å². The van der Waals surface area contributed by atoms with Crippen LogP contribution in [0.2, 0.25) is 0 Å². The van der Waals surface area contributed by atoms with Gasteiger partial charge in [0.25, 0.3) is 0 Å². The van der Waals surface area contributed by atoms with E-state index in [1.807, 2.05) is 0 Å². The number of hydrogen-bond acceptors (Lipinski definition) is 5. The maximum absolute atomic E-state index is 11.3. The molecule has 1 heterocycles. The van der Waals surface area contributed by atoms with E-state index in [9.17, 15) is 4.79 Å². The second-order valence-electron chi connectivity index (χ2n) is 3.66. The highest BCUT2D eigenvalue weighted by molar-refractivity contribution is 14.1. The van der Waals surface area contributed by atoms with Gasteiger partial charge in [0.1, 0.15) is 6.61 Å². The second-order valence-corrected chi connectivity index (χ2v) is 5.42. The zero-order valence-corrected chi connectivity index (χ0v) is 12.0. The normalized spacial score (nSPS) is 26.6. The topological polar surface area (TPSA) is 54.0 Å². The minimum absolute atomic E-state index is 0.165. The van der Waals surface area contributed by atoms with Crippen molar-refractivity contribution in [2.24, 2.45) is 0 Å². The van der Waals surface area contributed by atoms with Crippen LogP contribution in [0.15, 0.2) is 0 Å². The summed E-state index contributed by atoms with van der Waals surface area (Å²) in [4.78, 5) is 11.3. The number of alkyl halides is 1. The van der Waals surface area contributed by atoms with Crippen LogP contribution in [-0.2, 0) is 23.7 Å². The van der Waals surface area contributed by atoms with E-state index < -0.39 is 0 Å². The number of hydrogen-bond donors (Lipinski definition) is 0. The fourth-order valence-corrected chi connectivity index (χ4v) is 1.86. The quantitative estimate of drug-likeness (QED) is 0.370. The third kappa shape index (κ3) is 8.76. The van der Waals surface area contributed by atoms with Gasteiger partial charge in [-0.05, 0) is 6.42 Å². The molecule has 1 atom stereocenters. The molecule has 0 saturated carbocycles. The molecule has 0 radical (unpaired) electrons. The van der Waals surface area contributed by atoms with Crippen LogP contribution in [0.25, 0.3) is 0 Å². The van der Waals surface area contributed by atoms with E-state index in [1.165, 1.54) is 0 Å². The number of esters is 1. The summed E-state index contributed by atoms with van der Waals surface area (Å²) < 4.78 is 21.3. The Kier molecular flexibility index (Phi) is 8.94. The van der Waals surface area contributed by atoms with E-state index in [2.05, 4.69) is 22.6 Å². The minimum atomic E-state index is -0.165. The highest BCUT2D eigenvalue weighted by Crippen LogP contribution is 2.10. The van der Waals surface area contributed by atoms with E-state index in [1.54, 1.807) is 0 Å². The Balaban J connectivity index is 2.23. The summed E-state index contributed by atoms with van der Waals surface area (Å²) in [5.41, 5.74) is 0. The monoisotopic (exact) mass is 358 g/mol. The van der Waals surface area contributed by atoms with Crippen molar-refractivity contribution in [3.8, 4) is 0 Å². The highest BCUT2D eigenvalue weighted by atomic mass is 127. The predicted octanol–water partition coefficient (Wildman–Crippen LogP) is 1.18. The van der Waals surface area contributed by atoms with Gasteiger partial charge in [-0.25, -0.2) is 0 Å². The fraction of sp³-hybridized carbons (Fsp3) is 0.909. The van der Waals surface area contributed by atoms with E-state index in [0.29, 0.717) is 56.6 Å². The molecule has 5 nitrogen and oxygen atoms in total. The van der Waals surface area contributed by atoms with Crippen LogP contribution in [0.1, 0.15) is 12.8 Å². The van der Waals surface area contributed by atoms with E-state index in [4.69, 9.17) is 18.9 Å². The summed E-state index contributed by atoms with van der Waals surface area (Å²) in [5.74, 6) is -0.165. The molecule has 0 aliphatic carbocycles. The SMILES string of the molecule is O=C1CCC(I)COCCOCCOCCO1. The standard InChI is InChI=1S/C11H19IO5/c12-10-1-2-11(13)17-8-7-15-4-3-14-5-6-16-9-10/h10H,1-9H2. The first-order valence-corrected chi connectivity index (χ1v) is 7.06. The first-order valence-electron chi connectivity index (χ1n) is 5.82. The Hall–Kier alpha value is 0.0800. The van der Waals surface area contributed by atoms with Crippen LogP contribution in [0.5, 0.6) is 0 Å². The fourth-order valence-electron chi connectivity index (χ4n) is 1.30. The number of rotatable bonds is 0. The van der Waals surface area contributed by atoms with Gasteiger partial charge in [-0.1, -0.05) is 22.6 Å². The second kappa shape index (κ2) is 10.0. The maximum atomic E-state index is 11.3. The van der Waals surface area contributed by atoms with Gasteiger partial charge < -0.3 is 18.9 Å². The average molecular weight is 358 g/mol. The number of ether oxygens (including phenoxy) is 4. The van der Waals surface area contributed by atoms with Gasteiger partial charge in [0.05, 0.1) is 39.6 Å². The van der Waals surface area contributed by atoms with Gasteiger partial charge in [0.2, 0.25) is 0 Å². The summed E-state index contributed by atoms with van der Waals surface area (Å²) in [6.07, 6.45) is 1.22. The van der Waals surface area contributed by atoms with E-state index in [-0.39, 0.29) is 5.97 Å². The number of carbonyl (C=O) groups excluding carboxylic acids is 1. The van der Waals surface area contributed by atoms with Crippen molar-refractivity contribution in [3.05, 3.63) is 0 Å². The molecule has 0 amide bonds. The van der Waals surface area contributed by atoms with Crippen molar-refractivity contribution >= 4 is 28.6 Å². The van der Waals surface area contributed by atoms with Crippen molar-refractivity contribution in [1.82, 2.24) is 0 Å². The molecular weight excluding hydrogens is 339 g/mol. The summed E-state index contributed by atoms with van der Waals surface area (Å²) in [7, 11) is 0. The van der Waals surface area contributed by atoms with Gasteiger partial charge in [-0.2, -0.15) is 0 Å². The Morgan fingerprint density at radius 3 is 2.24 bits per heavy atom. The minimum Gasteiger partial charge on any atom is -0.463 e. The molecule has 0 spiro atoms. The van der Waals surface area contributed by atoms with Crippen LogP contribution in [-0.4, -0.2) is 56.1 Å². The van der Waals surface area contributed by atoms with Crippen LogP contribution >= 0.6 is 22.6 Å². The molecule has 6 heteroatoms. The lowest BCUT2D eigenvalue weighted by molar-refractivity contribution is -0.145. The van der Waals surface area contributed by atoms with Gasteiger partial charge in [0, 0.05) is 10.3 Å². The molecule has 0 bridgehead atoms. The van der Waals surface area contributed by atoms with Crippen LogP contribution in [0.4, 0.5) is 0 Å². The first kappa shape index (κ1) is 15.1. The highest BCUT2D eigenvalue weighted by Gasteiger charge is 2.09. The summed E-state index contributed by atoms with van der Waals surface area (Å²) in [6, 6.07) is 0. The van der Waals surface area contributed by atoms with Crippen LogP contribution < -0.4 is 0 Å². The lowest BCUT2D eigenvalue weighted by Crippen LogP contribution is -2.15. The third-order valence-corrected chi connectivity index (χ3v) is 3.18. The first-order chi connectivity index (χ1) is 8.29. The Morgan fingerprint density at radius 1 is 0.941 bits per heavy atom. The lowest BCUT2D eigenvalue weighted by Gasteiger charge is -2.10. The zero-order valence-electron chi connectivity index (χ0n) is 9.86. The summed E-state index contributed by atoms with van der Waals surface area (Å²) in [6.45, 7) is 3.64. The molecule has 1 saturated heterocycles. The molecule has 100 valence electrons. The van der Waals surface area contributed by atoms with Gasteiger partial charge in [-0.15, -0.1) is 0 Å². The largest absolute Gasteiger partial charge is 0.463 e.